The zero-order valence-corrected chi connectivity index (χ0v) is 21.4. The van der Waals surface area contributed by atoms with E-state index in [1.54, 1.807) is 4.90 Å². The van der Waals surface area contributed by atoms with Crippen LogP contribution in [0.3, 0.4) is 0 Å². The van der Waals surface area contributed by atoms with Gasteiger partial charge in [0, 0.05) is 37.1 Å². The molecule has 0 spiro atoms. The maximum absolute atomic E-state index is 13.5. The van der Waals surface area contributed by atoms with E-state index in [9.17, 15) is 26.3 Å². The van der Waals surface area contributed by atoms with Crippen molar-refractivity contribution >= 4 is 21.9 Å². The summed E-state index contributed by atoms with van der Waals surface area (Å²) in [4.78, 5) is 10.4. The highest BCUT2D eigenvalue weighted by Gasteiger charge is 2.38. The van der Waals surface area contributed by atoms with Crippen molar-refractivity contribution in [2.24, 2.45) is 0 Å². The van der Waals surface area contributed by atoms with Crippen molar-refractivity contribution in [3.05, 3.63) is 87.7 Å². The van der Waals surface area contributed by atoms with E-state index < -0.39 is 23.5 Å². The maximum atomic E-state index is 13.5. The van der Waals surface area contributed by atoms with Gasteiger partial charge >= 0.3 is 12.4 Å². The third kappa shape index (κ3) is 6.81. The normalized spacial score (nSPS) is 20.6. The molecule has 1 aromatic heterocycles. The molecule has 0 bridgehead atoms. The van der Waals surface area contributed by atoms with E-state index >= 15 is 0 Å². The van der Waals surface area contributed by atoms with Gasteiger partial charge in [-0.3, -0.25) is 0 Å². The Kier molecular flexibility index (Phi) is 8.13. The van der Waals surface area contributed by atoms with Gasteiger partial charge in [-0.25, -0.2) is 9.97 Å². The lowest BCUT2D eigenvalue weighted by atomic mass is 9.87. The van der Waals surface area contributed by atoms with Crippen LogP contribution in [0.4, 0.5) is 32.3 Å². The first-order valence-electron chi connectivity index (χ1n) is 11.8. The number of halogens is 7. The summed E-state index contributed by atoms with van der Waals surface area (Å²) < 4.78 is 81.7. The highest BCUT2D eigenvalue weighted by molar-refractivity contribution is 9.10. The summed E-state index contributed by atoms with van der Waals surface area (Å²) in [6.45, 7) is 1.82. The van der Waals surface area contributed by atoms with E-state index in [-0.39, 0.29) is 42.2 Å². The van der Waals surface area contributed by atoms with Gasteiger partial charge in [0.2, 0.25) is 5.95 Å². The van der Waals surface area contributed by atoms with Gasteiger partial charge in [-0.2, -0.15) is 26.3 Å². The number of rotatable bonds is 6. The largest absolute Gasteiger partial charge is 0.416 e. The molecular formula is C26H25BrF6N4. The molecule has 3 atom stereocenters. The summed E-state index contributed by atoms with van der Waals surface area (Å²) in [5.41, 5.74) is -1.74. The number of nitrogens with one attached hydrogen (secondary N) is 1. The van der Waals surface area contributed by atoms with Crippen LogP contribution in [-0.4, -0.2) is 22.1 Å². The Morgan fingerprint density at radius 3 is 2.05 bits per heavy atom. The molecule has 1 unspecified atom stereocenters. The first-order chi connectivity index (χ1) is 17.4. The first kappa shape index (κ1) is 27.4. The van der Waals surface area contributed by atoms with E-state index in [1.807, 2.05) is 37.3 Å². The van der Waals surface area contributed by atoms with E-state index in [4.69, 9.17) is 0 Å². The van der Waals surface area contributed by atoms with Gasteiger partial charge in [-0.05, 0) is 64.5 Å². The van der Waals surface area contributed by atoms with Crippen LogP contribution in [-0.2, 0) is 18.9 Å². The number of anilines is 1. The molecule has 2 heterocycles. The molecule has 1 fully saturated rings. The fourth-order valence-electron chi connectivity index (χ4n) is 4.70. The Morgan fingerprint density at radius 2 is 1.51 bits per heavy atom. The predicted molar refractivity (Wildman–Crippen MR) is 132 cm³/mol. The van der Waals surface area contributed by atoms with Crippen molar-refractivity contribution in [2.75, 3.05) is 4.90 Å². The Balaban J connectivity index is 1.75. The molecule has 1 aliphatic heterocycles. The number of hydrogen-bond donors (Lipinski definition) is 1. The zero-order chi connectivity index (χ0) is 26.8. The standard InChI is InChI=1S/C26H25BrF6N4/c1-2-21-11-22(12-23(36-21)17-6-4-3-5-7-17)37(24-34-13-20(27)14-35-24)15-16-8-18(25(28,29)30)10-19(9-16)26(31,32)33/h3-10,13-14,21-23,36H,2,11-12,15H2,1H3/t21-,22+,23?/m1/s1. The van der Waals surface area contributed by atoms with Crippen LogP contribution < -0.4 is 10.2 Å². The van der Waals surface area contributed by atoms with Gasteiger partial charge in [0.25, 0.3) is 0 Å². The lowest BCUT2D eigenvalue weighted by Crippen LogP contribution is -2.49. The van der Waals surface area contributed by atoms with Crippen LogP contribution in [0.1, 0.15) is 54.5 Å². The number of benzene rings is 2. The first-order valence-corrected chi connectivity index (χ1v) is 12.6. The molecule has 1 aliphatic rings. The molecule has 1 N–H and O–H groups in total. The van der Waals surface area contributed by atoms with Crippen LogP contribution in [0.15, 0.2) is 65.4 Å². The molecule has 4 nitrogen and oxygen atoms in total. The number of alkyl halides is 6. The van der Waals surface area contributed by atoms with Gasteiger partial charge in [-0.1, -0.05) is 37.3 Å². The molecule has 1 saturated heterocycles. The molecule has 0 amide bonds. The fourth-order valence-corrected chi connectivity index (χ4v) is 4.90. The second-order valence-corrected chi connectivity index (χ2v) is 10.0. The summed E-state index contributed by atoms with van der Waals surface area (Å²) in [7, 11) is 0. The van der Waals surface area contributed by atoms with E-state index in [1.165, 1.54) is 12.4 Å². The van der Waals surface area contributed by atoms with Gasteiger partial charge in [0.05, 0.1) is 15.6 Å². The Bertz CT molecular complexity index is 1150. The average molecular weight is 587 g/mol. The van der Waals surface area contributed by atoms with Crippen LogP contribution >= 0.6 is 15.9 Å². The smallest absolute Gasteiger partial charge is 0.333 e. The van der Waals surface area contributed by atoms with Crippen molar-refractivity contribution in [2.45, 2.75) is 63.2 Å². The minimum Gasteiger partial charge on any atom is -0.333 e. The summed E-state index contributed by atoms with van der Waals surface area (Å²) >= 11 is 3.28. The number of hydrogen-bond acceptors (Lipinski definition) is 4. The molecule has 2 aromatic carbocycles. The highest BCUT2D eigenvalue weighted by Crippen LogP contribution is 2.38. The van der Waals surface area contributed by atoms with Crippen LogP contribution in [0, 0.1) is 0 Å². The maximum Gasteiger partial charge on any atom is 0.416 e. The Morgan fingerprint density at radius 1 is 0.919 bits per heavy atom. The predicted octanol–water partition coefficient (Wildman–Crippen LogP) is 7.56. The van der Waals surface area contributed by atoms with E-state index in [2.05, 4.69) is 31.2 Å². The van der Waals surface area contributed by atoms with Crippen LogP contribution in [0.2, 0.25) is 0 Å². The van der Waals surface area contributed by atoms with Crippen molar-refractivity contribution in [3.8, 4) is 0 Å². The third-order valence-electron chi connectivity index (χ3n) is 6.50. The second-order valence-electron chi connectivity index (χ2n) is 9.10. The van der Waals surface area contributed by atoms with Crippen molar-refractivity contribution in [1.82, 2.24) is 15.3 Å². The zero-order valence-electron chi connectivity index (χ0n) is 19.8. The Labute approximate surface area is 219 Å². The minimum atomic E-state index is -4.92. The highest BCUT2D eigenvalue weighted by atomic mass is 79.9. The summed E-state index contributed by atoms with van der Waals surface area (Å²) in [5, 5.41) is 3.61. The summed E-state index contributed by atoms with van der Waals surface area (Å²) in [6.07, 6.45) is -4.82. The van der Waals surface area contributed by atoms with Gasteiger partial charge in [0.1, 0.15) is 0 Å². The molecule has 198 valence electrons. The van der Waals surface area contributed by atoms with Crippen molar-refractivity contribution in [1.29, 1.82) is 0 Å². The molecule has 4 rings (SSSR count). The van der Waals surface area contributed by atoms with Gasteiger partial charge in [-0.15, -0.1) is 0 Å². The summed E-state index contributed by atoms with van der Waals surface area (Å²) in [6, 6.07) is 11.3. The summed E-state index contributed by atoms with van der Waals surface area (Å²) in [5.74, 6) is 0.239. The number of aromatic nitrogens is 2. The average Bonchev–Trinajstić information content (AvgIpc) is 2.87. The fraction of sp³-hybridized carbons (Fsp3) is 0.385. The monoisotopic (exact) mass is 586 g/mol. The second kappa shape index (κ2) is 11.0. The molecule has 0 aliphatic carbocycles. The molecular weight excluding hydrogens is 562 g/mol. The molecule has 11 heteroatoms. The Hall–Kier alpha value is -2.66. The topological polar surface area (TPSA) is 41.1 Å². The molecule has 37 heavy (non-hydrogen) atoms. The molecule has 0 radical (unpaired) electrons. The molecule has 3 aromatic rings. The van der Waals surface area contributed by atoms with E-state index in [0.717, 1.165) is 24.1 Å². The van der Waals surface area contributed by atoms with E-state index in [0.29, 0.717) is 17.3 Å². The van der Waals surface area contributed by atoms with Crippen molar-refractivity contribution in [3.63, 3.8) is 0 Å². The van der Waals surface area contributed by atoms with Gasteiger partial charge in [0.15, 0.2) is 0 Å². The SMILES string of the molecule is CC[C@@H]1C[C@H](N(Cc2cc(C(F)(F)F)cc(C(F)(F)F)c2)c2ncc(Br)cn2)CC(c2ccccc2)N1. The number of nitrogens with zero attached hydrogens (tertiary/aromatic N) is 3. The van der Waals surface area contributed by atoms with Crippen LogP contribution in [0.25, 0.3) is 0 Å². The number of piperidine rings is 1. The third-order valence-corrected chi connectivity index (χ3v) is 6.91. The quantitative estimate of drug-likeness (QED) is 0.303. The van der Waals surface area contributed by atoms with Gasteiger partial charge < -0.3 is 10.2 Å². The lowest BCUT2D eigenvalue weighted by molar-refractivity contribution is -0.143. The molecule has 0 saturated carbocycles. The van der Waals surface area contributed by atoms with Crippen molar-refractivity contribution < 1.29 is 26.3 Å². The van der Waals surface area contributed by atoms with Crippen LogP contribution in [0.5, 0.6) is 0 Å². The lowest BCUT2D eigenvalue weighted by Gasteiger charge is -2.42. The minimum absolute atomic E-state index is 0.0462.